The molecule has 2 heterocycles. The van der Waals surface area contributed by atoms with E-state index in [9.17, 15) is 14.4 Å². The van der Waals surface area contributed by atoms with Gasteiger partial charge in [-0.25, -0.2) is 0 Å². The lowest BCUT2D eigenvalue weighted by molar-refractivity contribution is -0.119. The average molecular weight is 409 g/mol. The SMILES string of the molecule is C.CC(C)(CCCCC(=O)CCCCC(C)(C)c1cc(=O)[nH]o1)c1cc(=O)[nH]o1. The molecule has 7 nitrogen and oxygen atoms in total. The van der Waals surface area contributed by atoms with Crippen molar-refractivity contribution in [3.63, 3.8) is 0 Å². The molecule has 0 aromatic carbocycles. The number of nitrogens with one attached hydrogen (secondary N) is 2. The number of aromatic amines is 2. The summed E-state index contributed by atoms with van der Waals surface area (Å²) in [7, 11) is 0. The van der Waals surface area contributed by atoms with Gasteiger partial charge in [0.2, 0.25) is 0 Å². The van der Waals surface area contributed by atoms with Gasteiger partial charge in [0.1, 0.15) is 17.3 Å². The monoisotopic (exact) mass is 408 g/mol. The first-order valence-corrected chi connectivity index (χ1v) is 10.00. The van der Waals surface area contributed by atoms with Gasteiger partial charge in [-0.1, -0.05) is 48.0 Å². The quantitative estimate of drug-likeness (QED) is 0.489. The molecule has 2 rings (SSSR count). The summed E-state index contributed by atoms with van der Waals surface area (Å²) in [5, 5.41) is 4.65. The van der Waals surface area contributed by atoms with Crippen LogP contribution >= 0.6 is 0 Å². The molecule has 2 aromatic rings. The molecule has 0 bridgehead atoms. The molecule has 2 N–H and O–H groups in total. The topological polar surface area (TPSA) is 109 Å². The van der Waals surface area contributed by atoms with Gasteiger partial charge in [0.25, 0.3) is 11.1 Å². The molecule has 0 saturated carbocycles. The van der Waals surface area contributed by atoms with E-state index in [0.717, 1.165) is 38.5 Å². The minimum atomic E-state index is -0.222. The van der Waals surface area contributed by atoms with Crippen LogP contribution < -0.4 is 11.1 Å². The van der Waals surface area contributed by atoms with Crippen LogP contribution in [0.25, 0.3) is 0 Å². The van der Waals surface area contributed by atoms with Crippen molar-refractivity contribution in [2.45, 2.75) is 97.3 Å². The van der Waals surface area contributed by atoms with Crippen molar-refractivity contribution >= 4 is 5.78 Å². The fourth-order valence-electron chi connectivity index (χ4n) is 3.38. The molecule has 0 amide bonds. The van der Waals surface area contributed by atoms with E-state index < -0.39 is 0 Å². The van der Waals surface area contributed by atoms with Crippen LogP contribution in [0.15, 0.2) is 30.8 Å². The number of aromatic nitrogens is 2. The van der Waals surface area contributed by atoms with Crippen LogP contribution in [0, 0.1) is 0 Å². The third kappa shape index (κ3) is 7.55. The Balaban J connectivity index is 0.00000420. The van der Waals surface area contributed by atoms with Crippen molar-refractivity contribution in [2.75, 3.05) is 0 Å². The minimum absolute atomic E-state index is 0. The van der Waals surface area contributed by atoms with Crippen LogP contribution in [0.1, 0.15) is 98.0 Å². The second-order valence-corrected chi connectivity index (χ2v) is 8.87. The number of unbranched alkanes of at least 4 members (excludes halogenated alkanes) is 2. The van der Waals surface area contributed by atoms with Gasteiger partial charge in [0, 0.05) is 35.8 Å². The zero-order valence-electron chi connectivity index (χ0n) is 17.4. The lowest BCUT2D eigenvalue weighted by Crippen LogP contribution is -2.17. The smallest absolute Gasteiger partial charge is 0.280 e. The van der Waals surface area contributed by atoms with E-state index in [4.69, 9.17) is 9.05 Å². The molecule has 0 aliphatic heterocycles. The third-order valence-corrected chi connectivity index (χ3v) is 5.40. The van der Waals surface area contributed by atoms with Gasteiger partial charge in [-0.05, 0) is 25.7 Å². The van der Waals surface area contributed by atoms with Crippen LogP contribution in [-0.4, -0.2) is 16.1 Å². The summed E-state index contributed by atoms with van der Waals surface area (Å²) >= 11 is 0. The van der Waals surface area contributed by atoms with E-state index in [1.165, 1.54) is 12.1 Å². The molecular weight excluding hydrogens is 372 g/mol. The molecule has 2 aromatic heterocycles. The number of Topliss-reactive ketones (excluding diaryl/α,β-unsaturated/α-hetero) is 1. The van der Waals surface area contributed by atoms with Crippen molar-refractivity contribution in [3.8, 4) is 0 Å². The fourth-order valence-corrected chi connectivity index (χ4v) is 3.38. The number of ketones is 1. The van der Waals surface area contributed by atoms with Crippen molar-refractivity contribution < 1.29 is 13.8 Å². The molecule has 7 heteroatoms. The Morgan fingerprint density at radius 3 is 1.48 bits per heavy atom. The first kappa shape index (κ1) is 24.7. The molecule has 0 aliphatic rings. The van der Waals surface area contributed by atoms with E-state index in [-0.39, 0.29) is 35.2 Å². The lowest BCUT2D eigenvalue weighted by atomic mass is 9.84. The zero-order chi connectivity index (χ0) is 20.8. The molecule has 0 atom stereocenters. The summed E-state index contributed by atoms with van der Waals surface area (Å²) in [4.78, 5) is 34.5. The maximum Gasteiger partial charge on any atom is 0.280 e. The Labute approximate surface area is 172 Å². The number of hydrogen-bond donors (Lipinski definition) is 2. The highest BCUT2D eigenvalue weighted by molar-refractivity contribution is 5.78. The maximum absolute atomic E-state index is 12.1. The molecular formula is C22H36N2O5. The normalized spacial score (nSPS) is 12.0. The van der Waals surface area contributed by atoms with Crippen LogP contribution in [0.2, 0.25) is 0 Å². The van der Waals surface area contributed by atoms with E-state index in [1.807, 2.05) is 27.7 Å². The summed E-state index contributed by atoms with van der Waals surface area (Å²) in [6, 6.07) is 2.98. The van der Waals surface area contributed by atoms with Crippen molar-refractivity contribution in [1.29, 1.82) is 0 Å². The zero-order valence-corrected chi connectivity index (χ0v) is 17.4. The highest BCUT2D eigenvalue weighted by Gasteiger charge is 2.25. The molecule has 0 unspecified atom stereocenters. The Morgan fingerprint density at radius 2 is 1.17 bits per heavy atom. The second kappa shape index (κ2) is 10.5. The second-order valence-electron chi connectivity index (χ2n) is 8.87. The molecule has 0 fully saturated rings. The van der Waals surface area contributed by atoms with E-state index >= 15 is 0 Å². The van der Waals surface area contributed by atoms with Gasteiger partial charge < -0.3 is 9.05 Å². The Kier molecular flexibility index (Phi) is 8.92. The van der Waals surface area contributed by atoms with Crippen molar-refractivity contribution in [2.24, 2.45) is 0 Å². The number of carbonyl (C=O) groups excluding carboxylic acids is 1. The van der Waals surface area contributed by atoms with Crippen molar-refractivity contribution in [3.05, 3.63) is 44.4 Å². The van der Waals surface area contributed by atoms with Crippen LogP contribution in [0.5, 0.6) is 0 Å². The minimum Gasteiger partial charge on any atom is -0.383 e. The third-order valence-electron chi connectivity index (χ3n) is 5.40. The Hall–Kier alpha value is -2.31. The molecule has 29 heavy (non-hydrogen) atoms. The van der Waals surface area contributed by atoms with Crippen LogP contribution in [-0.2, 0) is 15.6 Å². The molecule has 0 spiro atoms. The summed E-state index contributed by atoms with van der Waals surface area (Å²) in [5.41, 5.74) is -0.887. The summed E-state index contributed by atoms with van der Waals surface area (Å²) < 4.78 is 10.4. The largest absolute Gasteiger partial charge is 0.383 e. The van der Waals surface area contributed by atoms with Gasteiger partial charge in [-0.3, -0.25) is 14.4 Å². The van der Waals surface area contributed by atoms with Gasteiger partial charge in [0.05, 0.1) is 0 Å². The van der Waals surface area contributed by atoms with Gasteiger partial charge in [-0.15, -0.1) is 0 Å². The molecule has 0 saturated heterocycles. The van der Waals surface area contributed by atoms with Gasteiger partial charge in [-0.2, -0.15) is 10.3 Å². The number of H-pyrrole nitrogens is 2. The number of rotatable bonds is 12. The highest BCUT2D eigenvalue weighted by atomic mass is 16.5. The predicted molar refractivity (Wildman–Crippen MR) is 113 cm³/mol. The number of carbonyl (C=O) groups is 1. The van der Waals surface area contributed by atoms with Gasteiger partial charge >= 0.3 is 0 Å². The Morgan fingerprint density at radius 1 is 0.793 bits per heavy atom. The van der Waals surface area contributed by atoms with E-state index in [0.29, 0.717) is 24.4 Å². The van der Waals surface area contributed by atoms with E-state index in [2.05, 4.69) is 10.3 Å². The first-order chi connectivity index (χ1) is 13.1. The Bertz CT molecular complexity index is 796. The van der Waals surface area contributed by atoms with Crippen molar-refractivity contribution in [1.82, 2.24) is 10.3 Å². The highest BCUT2D eigenvalue weighted by Crippen LogP contribution is 2.29. The maximum atomic E-state index is 12.1. The number of hydrogen-bond acceptors (Lipinski definition) is 5. The molecule has 0 radical (unpaired) electrons. The van der Waals surface area contributed by atoms with E-state index in [1.54, 1.807) is 0 Å². The standard InChI is InChI=1S/C21H32N2O5.CH4/c1-20(2,16-13-18(25)22-27-16)11-7-5-9-15(24)10-6-8-12-21(3,4)17-14-19(26)23-28-17;/h13-14H,5-12H2,1-4H3,(H,22,25)(H,23,26);1H4. The van der Waals surface area contributed by atoms with Crippen LogP contribution in [0.4, 0.5) is 0 Å². The average Bonchev–Trinajstić information content (AvgIpc) is 3.25. The molecule has 164 valence electrons. The summed E-state index contributed by atoms with van der Waals surface area (Å²) in [6.07, 6.45) is 6.40. The summed E-state index contributed by atoms with van der Waals surface area (Å²) in [6.45, 7) is 8.15. The fraction of sp³-hybridized carbons (Fsp3) is 0.682. The first-order valence-electron chi connectivity index (χ1n) is 10.00. The lowest BCUT2D eigenvalue weighted by Gasteiger charge is -2.21. The summed E-state index contributed by atoms with van der Waals surface area (Å²) in [5.74, 6) is 1.60. The van der Waals surface area contributed by atoms with Crippen LogP contribution in [0.3, 0.4) is 0 Å². The molecule has 0 aliphatic carbocycles. The predicted octanol–water partition coefficient (Wildman–Crippen LogP) is 4.83. The van der Waals surface area contributed by atoms with Gasteiger partial charge in [0.15, 0.2) is 0 Å².